The van der Waals surface area contributed by atoms with E-state index in [4.69, 9.17) is 9.47 Å². The van der Waals surface area contributed by atoms with E-state index in [1.165, 1.54) is 6.07 Å². The van der Waals surface area contributed by atoms with Crippen LogP contribution in [-0.4, -0.2) is 6.79 Å². The third kappa shape index (κ3) is 2.97. The molecule has 110 valence electrons. The first-order valence-electron chi connectivity index (χ1n) is 6.70. The third-order valence-electron chi connectivity index (χ3n) is 3.49. The van der Waals surface area contributed by atoms with Crippen LogP contribution in [0, 0.1) is 11.6 Å². The van der Waals surface area contributed by atoms with Crippen LogP contribution in [0.4, 0.5) is 8.78 Å². The molecule has 1 heterocycles. The molecule has 3 nitrogen and oxygen atoms in total. The summed E-state index contributed by atoms with van der Waals surface area (Å²) >= 11 is 0. The van der Waals surface area contributed by atoms with Crippen molar-refractivity contribution >= 4 is 0 Å². The van der Waals surface area contributed by atoms with Gasteiger partial charge in [0.1, 0.15) is 0 Å². The maximum atomic E-state index is 13.1. The Bertz CT molecular complexity index is 661. The molecule has 0 fully saturated rings. The zero-order valence-corrected chi connectivity index (χ0v) is 11.5. The number of rotatable bonds is 4. The Hall–Kier alpha value is -2.14. The van der Waals surface area contributed by atoms with Crippen molar-refractivity contribution in [1.29, 1.82) is 0 Å². The molecule has 0 bridgehead atoms. The summed E-state index contributed by atoms with van der Waals surface area (Å²) in [4.78, 5) is 0. The molecule has 2 aromatic rings. The summed E-state index contributed by atoms with van der Waals surface area (Å²) in [6, 6.07) is 9.70. The highest BCUT2D eigenvalue weighted by Crippen LogP contribution is 2.34. The molecule has 2 aromatic carbocycles. The largest absolute Gasteiger partial charge is 0.454 e. The van der Waals surface area contributed by atoms with Gasteiger partial charge in [-0.15, -0.1) is 0 Å². The number of hydrogen-bond donors (Lipinski definition) is 1. The summed E-state index contributed by atoms with van der Waals surface area (Å²) in [6.07, 6.45) is 0. The molecule has 0 aliphatic carbocycles. The fraction of sp³-hybridized carbons (Fsp3) is 0.250. The lowest BCUT2D eigenvalue weighted by Crippen LogP contribution is -2.18. The summed E-state index contributed by atoms with van der Waals surface area (Å²) in [6.45, 7) is 2.69. The van der Waals surface area contributed by atoms with E-state index in [9.17, 15) is 8.78 Å². The van der Waals surface area contributed by atoms with Crippen LogP contribution in [0.15, 0.2) is 36.4 Å². The Morgan fingerprint density at radius 1 is 1.05 bits per heavy atom. The first-order valence-corrected chi connectivity index (χ1v) is 6.70. The molecule has 1 aliphatic rings. The maximum Gasteiger partial charge on any atom is 0.231 e. The summed E-state index contributed by atoms with van der Waals surface area (Å²) in [5.74, 6) is -0.187. The average molecular weight is 291 g/mol. The number of halogens is 2. The van der Waals surface area contributed by atoms with Crippen LogP contribution in [0.3, 0.4) is 0 Å². The zero-order valence-electron chi connectivity index (χ0n) is 11.5. The molecule has 0 aromatic heterocycles. The van der Waals surface area contributed by atoms with Crippen LogP contribution in [0.1, 0.15) is 24.1 Å². The van der Waals surface area contributed by atoms with Crippen molar-refractivity contribution in [2.75, 3.05) is 6.79 Å². The fourth-order valence-corrected chi connectivity index (χ4v) is 2.22. The van der Waals surface area contributed by atoms with Crippen molar-refractivity contribution in [1.82, 2.24) is 5.32 Å². The van der Waals surface area contributed by atoms with Gasteiger partial charge in [-0.25, -0.2) is 8.78 Å². The van der Waals surface area contributed by atoms with E-state index < -0.39 is 11.6 Å². The van der Waals surface area contributed by atoms with Crippen molar-refractivity contribution < 1.29 is 18.3 Å². The molecule has 0 radical (unpaired) electrons. The van der Waals surface area contributed by atoms with Crippen molar-refractivity contribution in [2.24, 2.45) is 0 Å². The number of hydrogen-bond acceptors (Lipinski definition) is 3. The van der Waals surface area contributed by atoms with Gasteiger partial charge in [-0.05, 0) is 42.3 Å². The van der Waals surface area contributed by atoms with Gasteiger partial charge in [0.2, 0.25) is 6.79 Å². The lowest BCUT2D eigenvalue weighted by molar-refractivity contribution is 0.174. The van der Waals surface area contributed by atoms with E-state index in [0.717, 1.165) is 23.1 Å². The molecule has 3 rings (SSSR count). The van der Waals surface area contributed by atoms with Gasteiger partial charge in [-0.1, -0.05) is 12.1 Å². The van der Waals surface area contributed by atoms with Crippen LogP contribution in [0.25, 0.3) is 0 Å². The molecule has 1 unspecified atom stereocenters. The second kappa shape index (κ2) is 5.69. The van der Waals surface area contributed by atoms with Crippen LogP contribution >= 0.6 is 0 Å². The molecule has 0 saturated heterocycles. The monoisotopic (exact) mass is 291 g/mol. The quantitative estimate of drug-likeness (QED) is 0.934. The molecule has 1 atom stereocenters. The number of nitrogens with one attached hydrogen (secondary N) is 1. The lowest BCUT2D eigenvalue weighted by Gasteiger charge is -2.15. The average Bonchev–Trinajstić information content (AvgIpc) is 2.95. The minimum atomic E-state index is -0.831. The smallest absolute Gasteiger partial charge is 0.231 e. The number of ether oxygens (including phenoxy) is 2. The maximum absolute atomic E-state index is 13.1. The molecule has 0 saturated carbocycles. The van der Waals surface area contributed by atoms with Gasteiger partial charge in [0.15, 0.2) is 23.1 Å². The van der Waals surface area contributed by atoms with Crippen LogP contribution < -0.4 is 14.8 Å². The lowest BCUT2D eigenvalue weighted by atomic mass is 10.1. The highest BCUT2D eigenvalue weighted by Gasteiger charge is 2.15. The molecule has 1 N–H and O–H groups in total. The van der Waals surface area contributed by atoms with Gasteiger partial charge >= 0.3 is 0 Å². The highest BCUT2D eigenvalue weighted by atomic mass is 19.2. The zero-order chi connectivity index (χ0) is 14.8. The summed E-state index contributed by atoms with van der Waals surface area (Å²) in [7, 11) is 0. The van der Waals surface area contributed by atoms with Crippen LogP contribution in [0.5, 0.6) is 11.5 Å². The van der Waals surface area contributed by atoms with Crippen molar-refractivity contribution in [3.63, 3.8) is 0 Å². The van der Waals surface area contributed by atoms with Crippen molar-refractivity contribution in [2.45, 2.75) is 19.5 Å². The molecule has 21 heavy (non-hydrogen) atoms. The van der Waals surface area contributed by atoms with Crippen molar-refractivity contribution in [3.8, 4) is 11.5 Å². The first-order chi connectivity index (χ1) is 10.1. The SMILES string of the molecule is CC(NCc1ccc(F)c(F)c1)c1ccc2c(c1)OCO2. The van der Waals surface area contributed by atoms with E-state index >= 15 is 0 Å². The Kier molecular flexibility index (Phi) is 3.75. The number of fused-ring (bicyclic) bond motifs is 1. The fourth-order valence-electron chi connectivity index (χ4n) is 2.22. The Morgan fingerprint density at radius 2 is 1.86 bits per heavy atom. The predicted molar refractivity (Wildman–Crippen MR) is 74.2 cm³/mol. The van der Waals surface area contributed by atoms with Gasteiger partial charge in [0, 0.05) is 12.6 Å². The molecule has 5 heteroatoms. The topological polar surface area (TPSA) is 30.5 Å². The van der Waals surface area contributed by atoms with Gasteiger partial charge in [-0.3, -0.25) is 0 Å². The van der Waals surface area contributed by atoms with Crippen LogP contribution in [-0.2, 0) is 6.54 Å². The summed E-state index contributed by atoms with van der Waals surface area (Å²) in [5, 5.41) is 3.27. The minimum absolute atomic E-state index is 0.0487. The third-order valence-corrected chi connectivity index (χ3v) is 3.49. The van der Waals surface area contributed by atoms with E-state index in [0.29, 0.717) is 12.1 Å². The standard InChI is InChI=1S/C16H15F2NO2/c1-10(12-3-5-15-16(7-12)21-9-20-15)19-8-11-2-4-13(17)14(18)6-11/h2-7,10,19H,8-9H2,1H3. The summed E-state index contributed by atoms with van der Waals surface area (Å²) in [5.41, 5.74) is 1.74. The molecular weight excluding hydrogens is 276 g/mol. The second-order valence-electron chi connectivity index (χ2n) is 4.96. The predicted octanol–water partition coefficient (Wildman–Crippen LogP) is 3.54. The molecular formula is C16H15F2NO2. The van der Waals surface area contributed by atoms with E-state index in [1.807, 2.05) is 25.1 Å². The van der Waals surface area contributed by atoms with E-state index in [-0.39, 0.29) is 12.8 Å². The Morgan fingerprint density at radius 3 is 2.67 bits per heavy atom. The Balaban J connectivity index is 1.66. The number of benzene rings is 2. The molecule has 0 spiro atoms. The molecule has 1 aliphatic heterocycles. The highest BCUT2D eigenvalue weighted by molar-refractivity contribution is 5.45. The van der Waals surface area contributed by atoms with Crippen molar-refractivity contribution in [3.05, 3.63) is 59.2 Å². The van der Waals surface area contributed by atoms with Crippen LogP contribution in [0.2, 0.25) is 0 Å². The van der Waals surface area contributed by atoms with Gasteiger partial charge < -0.3 is 14.8 Å². The summed E-state index contributed by atoms with van der Waals surface area (Å²) < 4.78 is 36.6. The van der Waals surface area contributed by atoms with Gasteiger partial charge in [0.05, 0.1) is 0 Å². The van der Waals surface area contributed by atoms with Gasteiger partial charge in [0.25, 0.3) is 0 Å². The first kappa shape index (κ1) is 13.8. The Labute approximate surface area is 121 Å². The van der Waals surface area contributed by atoms with Gasteiger partial charge in [-0.2, -0.15) is 0 Å². The van der Waals surface area contributed by atoms with E-state index in [2.05, 4.69) is 5.32 Å². The normalized spacial score (nSPS) is 14.2. The van der Waals surface area contributed by atoms with E-state index in [1.54, 1.807) is 6.07 Å². The minimum Gasteiger partial charge on any atom is -0.454 e. The second-order valence-corrected chi connectivity index (χ2v) is 4.96. The molecule has 0 amide bonds.